The number of hydrogen-bond acceptors (Lipinski definition) is 2. The van der Waals surface area contributed by atoms with Crippen LogP contribution in [0.3, 0.4) is 0 Å². The minimum atomic E-state index is 0.0500. The molecule has 0 aliphatic heterocycles. The number of nitrogens with zero attached hydrogens (tertiary/aromatic N) is 2. The molecule has 5 heteroatoms. The third-order valence-corrected chi connectivity index (χ3v) is 2.74. The van der Waals surface area contributed by atoms with Crippen LogP contribution in [0.4, 0.5) is 0 Å². The summed E-state index contributed by atoms with van der Waals surface area (Å²) in [6, 6.07) is 0. The molecule has 2 aromatic rings. The standard InChI is InChI=1S/C8H8IN3O/c1-2-12-8-5(3-11-12)7(13)6(9)4-10-8/h3-4H,2H2,1H3,(H,10,13). The molecule has 0 aliphatic carbocycles. The van der Waals surface area contributed by atoms with Crippen LogP contribution < -0.4 is 5.43 Å². The molecule has 0 aromatic carbocycles. The van der Waals surface area contributed by atoms with Crippen molar-refractivity contribution in [3.8, 4) is 0 Å². The van der Waals surface area contributed by atoms with Gasteiger partial charge in [0, 0.05) is 12.7 Å². The molecule has 2 rings (SSSR count). The van der Waals surface area contributed by atoms with Crippen molar-refractivity contribution in [2.75, 3.05) is 0 Å². The number of rotatable bonds is 1. The molecule has 4 nitrogen and oxygen atoms in total. The van der Waals surface area contributed by atoms with Crippen LogP contribution in [0.1, 0.15) is 6.92 Å². The molecule has 13 heavy (non-hydrogen) atoms. The van der Waals surface area contributed by atoms with Crippen molar-refractivity contribution in [2.45, 2.75) is 13.5 Å². The minimum Gasteiger partial charge on any atom is -0.345 e. The summed E-state index contributed by atoms with van der Waals surface area (Å²) in [6.45, 7) is 2.75. The Morgan fingerprint density at radius 1 is 1.69 bits per heavy atom. The summed E-state index contributed by atoms with van der Waals surface area (Å²) in [4.78, 5) is 14.6. The van der Waals surface area contributed by atoms with Crippen molar-refractivity contribution in [1.82, 2.24) is 14.8 Å². The van der Waals surface area contributed by atoms with Gasteiger partial charge in [-0.3, -0.25) is 4.79 Å². The number of aromatic nitrogens is 3. The number of nitrogens with one attached hydrogen (secondary N) is 1. The zero-order valence-corrected chi connectivity index (χ0v) is 9.20. The van der Waals surface area contributed by atoms with Gasteiger partial charge in [0.25, 0.3) is 0 Å². The van der Waals surface area contributed by atoms with Gasteiger partial charge in [0.1, 0.15) is 5.65 Å². The van der Waals surface area contributed by atoms with E-state index in [9.17, 15) is 4.79 Å². The van der Waals surface area contributed by atoms with E-state index in [-0.39, 0.29) is 5.43 Å². The molecule has 1 N–H and O–H groups in total. The number of pyridine rings is 1. The molecule has 68 valence electrons. The molecule has 0 aliphatic rings. The van der Waals surface area contributed by atoms with E-state index < -0.39 is 0 Å². The average molecular weight is 289 g/mol. The number of aromatic amines is 1. The zero-order chi connectivity index (χ0) is 9.42. The third kappa shape index (κ3) is 1.27. The van der Waals surface area contributed by atoms with Gasteiger partial charge < -0.3 is 4.98 Å². The van der Waals surface area contributed by atoms with Gasteiger partial charge in [-0.25, -0.2) is 4.68 Å². The highest BCUT2D eigenvalue weighted by molar-refractivity contribution is 14.1. The number of H-pyrrole nitrogens is 1. The van der Waals surface area contributed by atoms with Crippen molar-refractivity contribution < 1.29 is 0 Å². The summed E-state index contributed by atoms with van der Waals surface area (Å²) >= 11 is 2.01. The van der Waals surface area contributed by atoms with Crippen LogP contribution in [0.25, 0.3) is 11.0 Å². The summed E-state index contributed by atoms with van der Waals surface area (Å²) in [5, 5.41) is 4.76. The van der Waals surface area contributed by atoms with Gasteiger partial charge >= 0.3 is 0 Å². The Morgan fingerprint density at radius 2 is 2.46 bits per heavy atom. The van der Waals surface area contributed by atoms with Crippen LogP contribution in [0.2, 0.25) is 0 Å². The van der Waals surface area contributed by atoms with Crippen molar-refractivity contribution >= 4 is 33.6 Å². The monoisotopic (exact) mass is 289 g/mol. The van der Waals surface area contributed by atoms with Crippen LogP contribution in [0.15, 0.2) is 17.2 Å². The van der Waals surface area contributed by atoms with Crippen LogP contribution in [-0.2, 0) is 6.54 Å². The maximum atomic E-state index is 11.6. The predicted octanol–water partition coefficient (Wildman–Crippen LogP) is 1.35. The molecule has 0 unspecified atom stereocenters. The SMILES string of the molecule is CCn1ncc2c(=O)c(I)c[nH]c21. The summed E-state index contributed by atoms with van der Waals surface area (Å²) < 4.78 is 2.47. The van der Waals surface area contributed by atoms with Gasteiger partial charge in [0.05, 0.1) is 15.2 Å². The first-order chi connectivity index (χ1) is 6.24. The normalized spacial score (nSPS) is 10.9. The van der Waals surface area contributed by atoms with E-state index in [4.69, 9.17) is 0 Å². The number of halogens is 1. The molecule has 0 fully saturated rings. The largest absolute Gasteiger partial charge is 0.345 e. The van der Waals surface area contributed by atoms with E-state index in [0.29, 0.717) is 8.96 Å². The van der Waals surface area contributed by atoms with Crippen LogP contribution >= 0.6 is 22.6 Å². The molecule has 0 atom stereocenters. The minimum absolute atomic E-state index is 0.0500. The number of fused-ring (bicyclic) bond motifs is 1. The quantitative estimate of drug-likeness (QED) is 0.806. The molecule has 2 heterocycles. The third-order valence-electron chi connectivity index (χ3n) is 1.94. The smallest absolute Gasteiger partial charge is 0.205 e. The van der Waals surface area contributed by atoms with Gasteiger partial charge in [-0.1, -0.05) is 0 Å². The van der Waals surface area contributed by atoms with Crippen LogP contribution in [0, 0.1) is 3.57 Å². The summed E-state index contributed by atoms with van der Waals surface area (Å²) in [5.74, 6) is 0. The molecular weight excluding hydrogens is 281 g/mol. The van der Waals surface area contributed by atoms with Gasteiger partial charge in [0.2, 0.25) is 5.43 Å². The van der Waals surface area contributed by atoms with Gasteiger partial charge in [-0.05, 0) is 29.5 Å². The van der Waals surface area contributed by atoms with Crippen molar-refractivity contribution in [1.29, 1.82) is 0 Å². The molecule has 0 radical (unpaired) electrons. The van der Waals surface area contributed by atoms with E-state index in [1.54, 1.807) is 17.1 Å². The molecule has 2 aromatic heterocycles. The van der Waals surface area contributed by atoms with E-state index in [0.717, 1.165) is 12.2 Å². The van der Waals surface area contributed by atoms with Crippen LogP contribution in [0.5, 0.6) is 0 Å². The Balaban J connectivity index is 2.89. The van der Waals surface area contributed by atoms with Gasteiger partial charge in [0.15, 0.2) is 0 Å². The van der Waals surface area contributed by atoms with Crippen molar-refractivity contribution in [3.05, 3.63) is 26.2 Å². The Hall–Kier alpha value is -0.850. The lowest BCUT2D eigenvalue weighted by Crippen LogP contribution is -2.06. The lowest BCUT2D eigenvalue weighted by molar-refractivity contribution is 0.676. The molecule has 0 bridgehead atoms. The second-order valence-electron chi connectivity index (χ2n) is 2.69. The first-order valence-corrected chi connectivity index (χ1v) is 5.04. The fourth-order valence-electron chi connectivity index (χ4n) is 1.27. The van der Waals surface area contributed by atoms with E-state index >= 15 is 0 Å². The Morgan fingerprint density at radius 3 is 3.15 bits per heavy atom. The second-order valence-corrected chi connectivity index (χ2v) is 3.85. The van der Waals surface area contributed by atoms with E-state index in [1.165, 1.54) is 0 Å². The first kappa shape index (κ1) is 8.74. The van der Waals surface area contributed by atoms with Gasteiger partial charge in [-0.15, -0.1) is 0 Å². The highest BCUT2D eigenvalue weighted by Gasteiger charge is 2.06. The maximum Gasteiger partial charge on any atom is 0.205 e. The second kappa shape index (κ2) is 3.13. The first-order valence-electron chi connectivity index (χ1n) is 3.96. The lowest BCUT2D eigenvalue weighted by atomic mass is 10.3. The van der Waals surface area contributed by atoms with E-state index in [1.807, 2.05) is 29.5 Å². The summed E-state index contributed by atoms with van der Waals surface area (Å²) in [6.07, 6.45) is 3.32. The fraction of sp³-hybridized carbons (Fsp3) is 0.250. The van der Waals surface area contributed by atoms with Crippen molar-refractivity contribution in [2.24, 2.45) is 0 Å². The van der Waals surface area contributed by atoms with Crippen LogP contribution in [-0.4, -0.2) is 14.8 Å². The predicted molar refractivity (Wildman–Crippen MR) is 58.7 cm³/mol. The summed E-state index contributed by atoms with van der Waals surface area (Å²) in [5.41, 5.74) is 0.849. The Bertz CT molecular complexity index is 500. The molecule has 0 amide bonds. The fourth-order valence-corrected chi connectivity index (χ4v) is 1.72. The molecular formula is C8H8IN3O. The number of hydrogen-bond donors (Lipinski definition) is 1. The zero-order valence-electron chi connectivity index (χ0n) is 7.04. The Kier molecular flexibility index (Phi) is 2.10. The van der Waals surface area contributed by atoms with Crippen molar-refractivity contribution in [3.63, 3.8) is 0 Å². The highest BCUT2D eigenvalue weighted by Crippen LogP contribution is 2.07. The molecule has 0 spiro atoms. The molecule has 0 saturated heterocycles. The Labute approximate surface area is 88.1 Å². The topological polar surface area (TPSA) is 50.7 Å². The number of aryl methyl sites for hydroxylation is 1. The van der Waals surface area contributed by atoms with Gasteiger partial charge in [-0.2, -0.15) is 5.10 Å². The lowest BCUT2D eigenvalue weighted by Gasteiger charge is -1.97. The maximum absolute atomic E-state index is 11.6. The highest BCUT2D eigenvalue weighted by atomic mass is 127. The molecule has 0 saturated carbocycles. The van der Waals surface area contributed by atoms with E-state index in [2.05, 4.69) is 10.1 Å². The average Bonchev–Trinajstić information content (AvgIpc) is 2.55. The summed E-state index contributed by atoms with van der Waals surface area (Å²) in [7, 11) is 0.